The van der Waals surface area contributed by atoms with E-state index in [1.807, 2.05) is 0 Å². The van der Waals surface area contributed by atoms with E-state index in [0.717, 1.165) is 0 Å². The summed E-state index contributed by atoms with van der Waals surface area (Å²) in [5.41, 5.74) is 23.9. The Balaban J connectivity index is 1.31. The second-order valence-electron chi connectivity index (χ2n) is 20.9. The number of aromatic hydroxyl groups is 1. The van der Waals surface area contributed by atoms with Gasteiger partial charge in [-0.2, -0.15) is 0 Å². The molecule has 29 heteroatoms. The molecule has 0 radical (unpaired) electrons. The number of aliphatic hydroxyl groups is 1. The normalized spacial score (nSPS) is 14.8. The Morgan fingerprint density at radius 3 is 1.95 bits per heavy atom. The number of hydrogen-bond donors (Lipinski definition) is 15. The van der Waals surface area contributed by atoms with Crippen molar-refractivity contribution in [1.29, 1.82) is 0 Å². The van der Waals surface area contributed by atoms with Crippen molar-refractivity contribution in [3.8, 4) is 5.75 Å². The summed E-state index contributed by atoms with van der Waals surface area (Å²) in [5.74, 6) is -8.93. The highest BCUT2D eigenvalue weighted by atomic mass is 16.5. The molecule has 11 amide bonds. The molecule has 3 aromatic carbocycles. The van der Waals surface area contributed by atoms with E-state index in [2.05, 4.69) is 52.5 Å². The number of aromatic amines is 1. The minimum absolute atomic E-state index is 0.0103. The maximum Gasteiger partial charge on any atom is 0.408 e. The third kappa shape index (κ3) is 21.8. The number of aliphatic hydroxyl groups excluding tert-OH is 1. The molecule has 29 nitrogen and oxygen atoms in total. The first-order chi connectivity index (χ1) is 41.0. The van der Waals surface area contributed by atoms with Gasteiger partial charge in [0.2, 0.25) is 59.1 Å². The average molecular weight is 1200 g/mol. The fourth-order valence-corrected chi connectivity index (χ4v) is 9.35. The number of rotatable bonds is 33. The van der Waals surface area contributed by atoms with Gasteiger partial charge in [0, 0.05) is 49.5 Å². The number of phenols is 1. The summed E-state index contributed by atoms with van der Waals surface area (Å²) in [6.07, 6.45) is 0.442. The van der Waals surface area contributed by atoms with Gasteiger partial charge in [-0.1, -0.05) is 74.5 Å². The van der Waals surface area contributed by atoms with Gasteiger partial charge in [0.1, 0.15) is 54.6 Å². The molecule has 19 N–H and O–H groups in total. The maximum atomic E-state index is 14.4. The third-order valence-electron chi connectivity index (χ3n) is 13.7. The Morgan fingerprint density at radius 1 is 0.663 bits per heavy atom. The quantitative estimate of drug-likeness (QED) is 0.0133. The number of para-hydroxylation sites is 1. The van der Waals surface area contributed by atoms with Crippen molar-refractivity contribution in [2.75, 3.05) is 32.8 Å². The molecule has 1 aliphatic heterocycles. The number of hydrogen-bond acceptors (Lipinski definition) is 15. The number of guanidine groups is 1. The van der Waals surface area contributed by atoms with Crippen LogP contribution in [-0.4, -0.2) is 166 Å². The summed E-state index contributed by atoms with van der Waals surface area (Å²) < 4.78 is 5.30. The van der Waals surface area contributed by atoms with Crippen molar-refractivity contribution in [2.24, 2.45) is 33.8 Å². The number of nitrogens with zero attached hydrogens (tertiary/aromatic N) is 2. The highest BCUT2D eigenvalue weighted by Gasteiger charge is 2.39. The second kappa shape index (κ2) is 33.5. The number of likely N-dealkylation sites (tertiary alicyclic amines) is 1. The van der Waals surface area contributed by atoms with Crippen LogP contribution in [0.5, 0.6) is 5.75 Å². The first kappa shape index (κ1) is 67.0. The minimum Gasteiger partial charge on any atom is -0.508 e. The molecule has 4 aromatic rings. The second-order valence-corrected chi connectivity index (χ2v) is 20.9. The van der Waals surface area contributed by atoms with Crippen LogP contribution in [0, 0.1) is 5.92 Å². The molecular weight excluding hydrogens is 1120 g/mol. The Hall–Kier alpha value is -9.80. The number of aliphatic imine (C=N–C) groups is 1. The topological polar surface area (TPSA) is 469 Å². The van der Waals surface area contributed by atoms with Crippen molar-refractivity contribution < 1.29 is 67.7 Å². The fourth-order valence-electron chi connectivity index (χ4n) is 9.35. The molecule has 0 aliphatic carbocycles. The predicted molar refractivity (Wildman–Crippen MR) is 312 cm³/mol. The van der Waals surface area contributed by atoms with Crippen LogP contribution < -0.4 is 65.5 Å². The van der Waals surface area contributed by atoms with Crippen molar-refractivity contribution in [2.45, 2.75) is 121 Å². The zero-order valence-electron chi connectivity index (χ0n) is 47.8. The van der Waals surface area contributed by atoms with Crippen molar-refractivity contribution in [1.82, 2.24) is 52.4 Å². The van der Waals surface area contributed by atoms with E-state index in [4.69, 9.17) is 27.7 Å². The summed E-state index contributed by atoms with van der Waals surface area (Å²) in [7, 11) is 0. The number of fused-ring (bicyclic) bond motifs is 1. The van der Waals surface area contributed by atoms with Crippen LogP contribution in [0.25, 0.3) is 10.9 Å². The number of alkyl carbamates (subject to hydrolysis) is 1. The standard InChI is InChI=1S/C57H77N15O14/c1-32(2)24-41(51(80)67-40(14-8-22-62-56(60)61)55(84)72-23-9-15-45(72)54(83)64-28-47(59)76)66-48(77)29-65-49(78)42(25-33-16-18-36(74)19-17-33)68-53(82)44(30-73)70-52(81)43(26-35-27-63-38-13-7-6-12-37(35)38)69-50(79)39(20-21-46(58)75)71-57(85)86-31-34-10-4-3-5-11-34/h3-7,10-13,16-19,27,32,39-45,63,73-74H,8-9,14-15,20-26,28-31H2,1-2H3,(H2,58,75)(H2,59,76)(H,64,83)(H,65,78)(H,66,77)(H,67,80)(H,68,82)(H,69,79)(H,70,81)(H,71,85)(H4,60,61,62)/t39-,40-,41-,42-,43-,44-,45-/m0/s1. The first-order valence-corrected chi connectivity index (χ1v) is 27.9. The number of primary amides is 2. The number of carbonyl (C=O) groups excluding carboxylic acids is 11. The number of nitrogens with one attached hydrogen (secondary N) is 9. The van der Waals surface area contributed by atoms with Crippen molar-refractivity contribution in [3.05, 3.63) is 102 Å². The number of benzene rings is 3. The van der Waals surface area contributed by atoms with Crippen LogP contribution in [0.3, 0.4) is 0 Å². The molecule has 0 bridgehead atoms. The van der Waals surface area contributed by atoms with Crippen molar-refractivity contribution in [3.63, 3.8) is 0 Å². The van der Waals surface area contributed by atoms with Gasteiger partial charge in [-0.15, -0.1) is 0 Å². The van der Waals surface area contributed by atoms with Crippen LogP contribution in [0.4, 0.5) is 4.79 Å². The molecule has 5 rings (SSSR count). The first-order valence-electron chi connectivity index (χ1n) is 27.9. The highest BCUT2D eigenvalue weighted by molar-refractivity contribution is 5.98. The number of carbonyl (C=O) groups is 11. The van der Waals surface area contributed by atoms with Crippen LogP contribution in [0.2, 0.25) is 0 Å². The number of amides is 11. The molecule has 1 aliphatic rings. The molecule has 0 unspecified atom stereocenters. The van der Waals surface area contributed by atoms with Gasteiger partial charge < -0.3 is 90.3 Å². The van der Waals surface area contributed by atoms with E-state index in [0.29, 0.717) is 34.0 Å². The SMILES string of the molecule is CC(C)C[C@H](NC(=O)CNC(=O)[C@H](Cc1ccc(O)cc1)NC(=O)[C@H](CO)NC(=O)[C@H](Cc1c[nH]c2ccccc12)NC(=O)[C@H](CCC(N)=O)NC(=O)OCc1ccccc1)C(=O)N[C@@H](CCCN=C(N)N)C(=O)N1CCC[C@H]1C(=O)NCC(N)=O. The number of H-pyrrole nitrogens is 1. The van der Waals surface area contributed by atoms with Crippen LogP contribution in [0.1, 0.15) is 75.5 Å². The summed E-state index contributed by atoms with van der Waals surface area (Å²) in [5, 5.41) is 41.4. The fraction of sp³-hybridized carbons (Fsp3) is 0.439. The van der Waals surface area contributed by atoms with E-state index in [1.165, 1.54) is 29.2 Å². The minimum atomic E-state index is -1.78. The number of phenolic OH excluding ortho intramolecular Hbond substituents is 1. The Labute approximate surface area is 495 Å². The van der Waals surface area contributed by atoms with Gasteiger partial charge in [0.15, 0.2) is 5.96 Å². The van der Waals surface area contributed by atoms with Gasteiger partial charge in [-0.05, 0) is 79.3 Å². The van der Waals surface area contributed by atoms with E-state index in [-0.39, 0.29) is 88.7 Å². The molecule has 0 spiro atoms. The summed E-state index contributed by atoms with van der Waals surface area (Å²) in [6, 6.07) is 11.5. The summed E-state index contributed by atoms with van der Waals surface area (Å²) in [6.45, 7) is 1.40. The maximum absolute atomic E-state index is 14.4. The van der Waals surface area contributed by atoms with Gasteiger partial charge in [0.25, 0.3) is 0 Å². The number of nitrogens with two attached hydrogens (primary N) is 4. The Bertz CT molecular complexity index is 3040. The molecule has 0 saturated carbocycles. The lowest BCUT2D eigenvalue weighted by atomic mass is 10.0. The zero-order chi connectivity index (χ0) is 62.9. The van der Waals surface area contributed by atoms with E-state index < -0.39 is 127 Å². The van der Waals surface area contributed by atoms with E-state index in [9.17, 15) is 63.0 Å². The van der Waals surface area contributed by atoms with Gasteiger partial charge in [0.05, 0.1) is 19.7 Å². The Morgan fingerprint density at radius 2 is 1.29 bits per heavy atom. The molecule has 2 heterocycles. The summed E-state index contributed by atoms with van der Waals surface area (Å²) in [4.78, 5) is 156. The molecule has 1 saturated heterocycles. The van der Waals surface area contributed by atoms with E-state index in [1.54, 1.807) is 74.6 Å². The lowest BCUT2D eigenvalue weighted by molar-refractivity contribution is -0.142. The predicted octanol–water partition coefficient (Wildman–Crippen LogP) is -2.56. The molecule has 464 valence electrons. The molecule has 1 fully saturated rings. The van der Waals surface area contributed by atoms with Gasteiger partial charge >= 0.3 is 6.09 Å². The number of ether oxygens (including phenoxy) is 1. The Kier molecular flexibility index (Phi) is 26.1. The smallest absolute Gasteiger partial charge is 0.408 e. The highest BCUT2D eigenvalue weighted by Crippen LogP contribution is 2.22. The molecule has 7 atom stereocenters. The third-order valence-corrected chi connectivity index (χ3v) is 13.7. The van der Waals surface area contributed by atoms with Crippen LogP contribution >= 0.6 is 0 Å². The lowest BCUT2D eigenvalue weighted by Gasteiger charge is -2.30. The monoisotopic (exact) mass is 1200 g/mol. The number of aromatic nitrogens is 1. The van der Waals surface area contributed by atoms with E-state index >= 15 is 0 Å². The molecule has 1 aromatic heterocycles. The largest absolute Gasteiger partial charge is 0.508 e. The van der Waals surface area contributed by atoms with Crippen LogP contribution in [0.15, 0.2) is 90.1 Å². The molecule has 86 heavy (non-hydrogen) atoms. The lowest BCUT2D eigenvalue weighted by Crippen LogP contribution is -2.60. The average Bonchev–Trinajstić information content (AvgIpc) is 4.36. The summed E-state index contributed by atoms with van der Waals surface area (Å²) >= 11 is 0. The zero-order valence-corrected chi connectivity index (χ0v) is 47.8. The van der Waals surface area contributed by atoms with Gasteiger partial charge in [-0.25, -0.2) is 4.79 Å². The molecular formula is C57H77N15O14. The van der Waals surface area contributed by atoms with Gasteiger partial charge in [-0.3, -0.25) is 52.9 Å². The van der Waals surface area contributed by atoms with Crippen molar-refractivity contribution >= 4 is 82.0 Å². The van der Waals surface area contributed by atoms with Crippen LogP contribution in [-0.2, 0) is 72.1 Å².